The molecule has 3 aliphatic rings. The highest BCUT2D eigenvalue weighted by molar-refractivity contribution is 5.95. The van der Waals surface area contributed by atoms with Crippen LogP contribution in [0.1, 0.15) is 68.1 Å². The second-order valence-corrected chi connectivity index (χ2v) is 11.2. The van der Waals surface area contributed by atoms with Crippen LogP contribution in [0.25, 0.3) is 0 Å². The lowest BCUT2D eigenvalue weighted by atomic mass is 9.83. The molecule has 2 fully saturated rings. The third-order valence-electron chi connectivity index (χ3n) is 8.52. The Kier molecular flexibility index (Phi) is 8.73. The van der Waals surface area contributed by atoms with Crippen LogP contribution in [0.2, 0.25) is 0 Å². The number of rotatable bonds is 6. The Hall–Kier alpha value is -2.91. The van der Waals surface area contributed by atoms with Gasteiger partial charge in [0.1, 0.15) is 5.82 Å². The van der Waals surface area contributed by atoms with Gasteiger partial charge in [-0.15, -0.1) is 0 Å². The number of nitrogens with one attached hydrogen (secondary N) is 2. The number of hydrogen-bond donors (Lipinski definition) is 2. The maximum absolute atomic E-state index is 13.3. The van der Waals surface area contributed by atoms with Crippen molar-refractivity contribution >= 4 is 11.6 Å². The lowest BCUT2D eigenvalue weighted by molar-refractivity contribution is 0.129. The molecular weight excluding hydrogens is 461 g/mol. The molecule has 37 heavy (non-hydrogen) atoms. The van der Waals surface area contributed by atoms with Crippen molar-refractivity contribution < 1.29 is 4.39 Å². The number of benzene rings is 2. The number of nitriles is 1. The molecule has 5 nitrogen and oxygen atoms in total. The molecule has 1 saturated carbocycles. The summed E-state index contributed by atoms with van der Waals surface area (Å²) in [4.78, 5) is 7.75. The van der Waals surface area contributed by atoms with Crippen molar-refractivity contribution in [1.82, 2.24) is 10.2 Å². The van der Waals surface area contributed by atoms with Gasteiger partial charge in [-0.2, -0.15) is 5.26 Å². The molecule has 0 unspecified atom stereocenters. The van der Waals surface area contributed by atoms with Crippen molar-refractivity contribution in [2.45, 2.75) is 76.7 Å². The average Bonchev–Trinajstić information content (AvgIpc) is 2.92. The van der Waals surface area contributed by atoms with E-state index in [1.165, 1.54) is 61.6 Å². The molecule has 196 valence electrons. The van der Waals surface area contributed by atoms with Crippen LogP contribution in [0.3, 0.4) is 0 Å². The quantitative estimate of drug-likeness (QED) is 0.219. The second-order valence-electron chi connectivity index (χ2n) is 11.2. The van der Waals surface area contributed by atoms with Gasteiger partial charge in [0.15, 0.2) is 6.19 Å². The normalized spacial score (nSPS) is 24.6. The first-order valence-electron chi connectivity index (χ1n) is 14.3. The summed E-state index contributed by atoms with van der Waals surface area (Å²) in [5, 5.41) is 15.8. The Bertz CT molecular complexity index is 1110. The molecule has 0 aromatic heterocycles. The lowest BCUT2D eigenvalue weighted by Gasteiger charge is -2.38. The second kappa shape index (κ2) is 12.6. The number of guanidine groups is 1. The minimum Gasteiger partial charge on any atom is -0.325 e. The molecule has 0 radical (unpaired) electrons. The largest absolute Gasteiger partial charge is 0.325 e. The maximum Gasteiger partial charge on any atom is 0.209 e. The summed E-state index contributed by atoms with van der Waals surface area (Å²) < 4.78 is 13.3. The molecule has 2 aromatic carbocycles. The minimum atomic E-state index is -0.162. The average molecular weight is 502 g/mol. The summed E-state index contributed by atoms with van der Waals surface area (Å²) in [5.74, 6) is 1.54. The predicted molar refractivity (Wildman–Crippen MR) is 148 cm³/mol. The Balaban J connectivity index is 1.25. The fourth-order valence-electron chi connectivity index (χ4n) is 6.68. The Labute approximate surface area is 221 Å². The zero-order chi connectivity index (χ0) is 25.5. The van der Waals surface area contributed by atoms with E-state index >= 15 is 0 Å². The first kappa shape index (κ1) is 25.7. The van der Waals surface area contributed by atoms with E-state index in [1.807, 2.05) is 12.1 Å². The molecule has 2 aliphatic carbocycles. The summed E-state index contributed by atoms with van der Waals surface area (Å²) in [6.45, 7) is 3.31. The van der Waals surface area contributed by atoms with Gasteiger partial charge < -0.3 is 10.2 Å². The molecule has 2 N–H and O–H groups in total. The molecule has 6 heteroatoms. The van der Waals surface area contributed by atoms with Gasteiger partial charge in [0.25, 0.3) is 0 Å². The topological polar surface area (TPSA) is 63.5 Å². The molecule has 3 atom stereocenters. The van der Waals surface area contributed by atoms with E-state index in [0.29, 0.717) is 17.8 Å². The van der Waals surface area contributed by atoms with Crippen LogP contribution in [-0.2, 0) is 19.3 Å². The van der Waals surface area contributed by atoms with Crippen LogP contribution < -0.4 is 10.6 Å². The monoisotopic (exact) mass is 501 g/mol. The summed E-state index contributed by atoms with van der Waals surface area (Å²) in [6, 6.07) is 13.7. The van der Waals surface area contributed by atoms with Crippen LogP contribution in [0.15, 0.2) is 47.5 Å². The summed E-state index contributed by atoms with van der Waals surface area (Å²) in [5.41, 5.74) is 5.12. The van der Waals surface area contributed by atoms with Crippen molar-refractivity contribution in [3.63, 3.8) is 0 Å². The fraction of sp³-hybridized carbons (Fsp3) is 0.548. The van der Waals surface area contributed by atoms with E-state index in [9.17, 15) is 9.65 Å². The molecule has 1 saturated heterocycles. The van der Waals surface area contributed by atoms with E-state index in [4.69, 9.17) is 4.99 Å². The van der Waals surface area contributed by atoms with Crippen molar-refractivity contribution in [3.05, 3.63) is 65.0 Å². The SMILES string of the molecule is N#CNC(=N[C@@H]1CCCC[C@H]1CN1CCC[C@@H](Cc2ccc(F)cc2)C1)Nc1cccc2c1CCCC2. The van der Waals surface area contributed by atoms with Crippen molar-refractivity contribution in [2.75, 3.05) is 25.0 Å². The fourth-order valence-corrected chi connectivity index (χ4v) is 6.68. The number of halogens is 1. The number of aliphatic imine (C=N–C) groups is 1. The predicted octanol–water partition coefficient (Wildman–Crippen LogP) is 6.06. The van der Waals surface area contributed by atoms with Gasteiger partial charge in [0, 0.05) is 18.8 Å². The molecule has 0 bridgehead atoms. The number of piperidine rings is 1. The van der Waals surface area contributed by atoms with Crippen LogP contribution >= 0.6 is 0 Å². The first-order valence-corrected chi connectivity index (χ1v) is 14.3. The number of aryl methyl sites for hydroxylation is 1. The van der Waals surface area contributed by atoms with E-state index in [1.54, 1.807) is 12.1 Å². The van der Waals surface area contributed by atoms with E-state index in [-0.39, 0.29) is 11.9 Å². The number of hydrogen-bond acceptors (Lipinski definition) is 3. The van der Waals surface area contributed by atoms with Crippen LogP contribution in [0.5, 0.6) is 0 Å². The Morgan fingerprint density at radius 1 is 1.00 bits per heavy atom. The van der Waals surface area contributed by atoms with Crippen molar-refractivity contribution in [2.24, 2.45) is 16.8 Å². The zero-order valence-corrected chi connectivity index (χ0v) is 21.9. The number of anilines is 1. The highest BCUT2D eigenvalue weighted by Crippen LogP contribution is 2.31. The van der Waals surface area contributed by atoms with Gasteiger partial charge in [0.2, 0.25) is 5.96 Å². The number of likely N-dealkylation sites (tertiary alicyclic amines) is 1. The number of fused-ring (bicyclic) bond motifs is 1. The Morgan fingerprint density at radius 3 is 2.70 bits per heavy atom. The van der Waals surface area contributed by atoms with Crippen molar-refractivity contribution in [3.8, 4) is 6.19 Å². The van der Waals surface area contributed by atoms with Gasteiger partial charge in [-0.1, -0.05) is 37.1 Å². The molecule has 1 heterocycles. The molecule has 0 amide bonds. The molecule has 1 aliphatic heterocycles. The summed E-state index contributed by atoms with van der Waals surface area (Å²) in [7, 11) is 0. The maximum atomic E-state index is 13.3. The van der Waals surface area contributed by atoms with Gasteiger partial charge in [-0.3, -0.25) is 5.32 Å². The van der Waals surface area contributed by atoms with Crippen LogP contribution in [0, 0.1) is 29.1 Å². The standard InChI is InChI=1S/C31H40FN5/c32-27-16-14-23(15-17-27)19-24-7-6-18-37(20-24)21-26-9-2-4-12-29(26)35-31(34-22-33)36-30-13-5-10-25-8-1-3-11-28(25)30/h5,10,13-17,24,26,29H,1-4,6-9,11-12,18-21H2,(H2,34,35,36)/t24-,26-,29+/m0/s1. The third kappa shape index (κ3) is 6.90. The van der Waals surface area contributed by atoms with Gasteiger partial charge in [0.05, 0.1) is 6.04 Å². The third-order valence-corrected chi connectivity index (χ3v) is 8.52. The number of nitrogens with zero attached hydrogens (tertiary/aromatic N) is 3. The van der Waals surface area contributed by atoms with Crippen LogP contribution in [0.4, 0.5) is 10.1 Å². The lowest BCUT2D eigenvalue weighted by Crippen LogP contribution is -2.43. The summed E-state index contributed by atoms with van der Waals surface area (Å²) in [6.07, 6.45) is 15.0. The Morgan fingerprint density at radius 2 is 1.84 bits per heavy atom. The zero-order valence-electron chi connectivity index (χ0n) is 21.9. The first-order chi connectivity index (χ1) is 18.2. The van der Waals surface area contributed by atoms with Crippen molar-refractivity contribution in [1.29, 1.82) is 5.26 Å². The highest BCUT2D eigenvalue weighted by Gasteiger charge is 2.29. The van der Waals surface area contributed by atoms with E-state index in [2.05, 4.69) is 39.9 Å². The van der Waals surface area contributed by atoms with E-state index < -0.39 is 0 Å². The van der Waals surface area contributed by atoms with E-state index in [0.717, 1.165) is 51.0 Å². The minimum absolute atomic E-state index is 0.162. The van der Waals surface area contributed by atoms with Gasteiger partial charge >= 0.3 is 0 Å². The molecular formula is C31H40FN5. The highest BCUT2D eigenvalue weighted by atomic mass is 19.1. The molecule has 0 spiro atoms. The van der Waals surface area contributed by atoms with Gasteiger partial charge in [-0.25, -0.2) is 9.38 Å². The molecule has 5 rings (SSSR count). The van der Waals surface area contributed by atoms with Gasteiger partial charge in [-0.05, 0) is 111 Å². The summed E-state index contributed by atoms with van der Waals surface area (Å²) >= 11 is 0. The smallest absolute Gasteiger partial charge is 0.209 e. The van der Waals surface area contributed by atoms with Crippen LogP contribution in [-0.4, -0.2) is 36.5 Å². The molecule has 2 aromatic rings.